The minimum Gasteiger partial charge on any atom is -0.324 e. The van der Waals surface area contributed by atoms with Crippen LogP contribution in [0.15, 0.2) is 47.9 Å². The number of halogens is 1. The fourth-order valence-electron chi connectivity index (χ4n) is 4.08. The molecule has 4 rings (SSSR count). The number of anilines is 1. The average Bonchev–Trinajstić information content (AvgIpc) is 3.19. The molecule has 0 unspecified atom stereocenters. The van der Waals surface area contributed by atoms with Crippen LogP contribution in [0.5, 0.6) is 0 Å². The number of aromatic nitrogens is 4. The number of pyridine rings is 1. The topological polar surface area (TPSA) is 72.7 Å². The standard InChI is InChI=1S/C23H26ClN5OS/c1-15-9-10-19(18(24)12-15)26-21(30)14-31-23-28-27-22(17-7-5-11-25-13-17)29(23)20-8-4-3-6-16(20)2/h5,7,9-13,16,20H,3-4,6,8,14H2,1-2H3,(H,26,30)/t16-,20+/m0/s1. The lowest BCUT2D eigenvalue weighted by atomic mass is 9.85. The summed E-state index contributed by atoms with van der Waals surface area (Å²) in [5.74, 6) is 1.46. The van der Waals surface area contributed by atoms with Crippen molar-refractivity contribution in [1.82, 2.24) is 19.7 Å². The van der Waals surface area contributed by atoms with Crippen LogP contribution >= 0.6 is 23.4 Å². The zero-order chi connectivity index (χ0) is 21.8. The van der Waals surface area contributed by atoms with Crippen LogP contribution in [-0.4, -0.2) is 31.4 Å². The summed E-state index contributed by atoms with van der Waals surface area (Å²) in [5, 5.41) is 13.1. The van der Waals surface area contributed by atoms with Gasteiger partial charge in [-0.1, -0.05) is 49.2 Å². The highest BCUT2D eigenvalue weighted by Gasteiger charge is 2.29. The van der Waals surface area contributed by atoms with Gasteiger partial charge in [0.25, 0.3) is 0 Å². The summed E-state index contributed by atoms with van der Waals surface area (Å²) in [6.45, 7) is 4.25. The van der Waals surface area contributed by atoms with Gasteiger partial charge in [-0.3, -0.25) is 14.3 Å². The molecule has 162 valence electrons. The van der Waals surface area contributed by atoms with Crippen LogP contribution in [0, 0.1) is 12.8 Å². The van der Waals surface area contributed by atoms with Crippen LogP contribution in [0.2, 0.25) is 5.02 Å². The molecule has 2 aromatic heterocycles. The summed E-state index contributed by atoms with van der Waals surface area (Å²) < 4.78 is 2.22. The van der Waals surface area contributed by atoms with E-state index in [-0.39, 0.29) is 11.7 Å². The molecule has 2 atom stereocenters. The molecule has 1 amide bonds. The monoisotopic (exact) mass is 455 g/mol. The van der Waals surface area contributed by atoms with Crippen molar-refractivity contribution in [3.8, 4) is 11.4 Å². The van der Waals surface area contributed by atoms with Gasteiger partial charge in [0.15, 0.2) is 11.0 Å². The van der Waals surface area contributed by atoms with Gasteiger partial charge < -0.3 is 5.32 Å². The first kappa shape index (κ1) is 21.8. The van der Waals surface area contributed by atoms with Gasteiger partial charge in [0.1, 0.15) is 0 Å². The third-order valence-electron chi connectivity index (χ3n) is 5.71. The minimum atomic E-state index is -0.120. The highest BCUT2D eigenvalue weighted by atomic mass is 35.5. The molecule has 1 aromatic carbocycles. The molecule has 0 radical (unpaired) electrons. The fourth-order valence-corrected chi connectivity index (χ4v) is 5.16. The van der Waals surface area contributed by atoms with Gasteiger partial charge >= 0.3 is 0 Å². The van der Waals surface area contributed by atoms with Crippen LogP contribution in [0.25, 0.3) is 11.4 Å². The summed E-state index contributed by atoms with van der Waals surface area (Å²) in [5.41, 5.74) is 2.61. The molecule has 1 N–H and O–H groups in total. The maximum Gasteiger partial charge on any atom is 0.234 e. The van der Waals surface area contributed by atoms with Crippen molar-refractivity contribution in [2.24, 2.45) is 5.92 Å². The van der Waals surface area contributed by atoms with Crippen molar-refractivity contribution in [2.75, 3.05) is 11.1 Å². The Kier molecular flexibility index (Phi) is 6.92. The molecule has 2 heterocycles. The molecule has 3 aromatic rings. The Morgan fingerprint density at radius 1 is 1.26 bits per heavy atom. The molecule has 6 nitrogen and oxygen atoms in total. The molecule has 1 aliphatic carbocycles. The van der Waals surface area contributed by atoms with E-state index in [4.69, 9.17) is 11.6 Å². The Hall–Kier alpha value is -2.38. The lowest BCUT2D eigenvalue weighted by molar-refractivity contribution is -0.113. The quantitative estimate of drug-likeness (QED) is 0.476. The van der Waals surface area contributed by atoms with Crippen molar-refractivity contribution in [3.63, 3.8) is 0 Å². The van der Waals surface area contributed by atoms with E-state index in [1.54, 1.807) is 6.20 Å². The SMILES string of the molecule is Cc1ccc(NC(=O)CSc2nnc(-c3cccnc3)n2[C@@H]2CCCC[C@@H]2C)c(Cl)c1. The summed E-state index contributed by atoms with van der Waals surface area (Å²) >= 11 is 7.66. The third-order valence-corrected chi connectivity index (χ3v) is 6.97. The van der Waals surface area contributed by atoms with E-state index in [9.17, 15) is 4.79 Å². The van der Waals surface area contributed by atoms with Crippen molar-refractivity contribution >= 4 is 35.0 Å². The number of carbonyl (C=O) groups is 1. The summed E-state index contributed by atoms with van der Waals surface area (Å²) in [6, 6.07) is 9.82. The number of carbonyl (C=O) groups excluding carboxylic acids is 1. The maximum atomic E-state index is 12.6. The third kappa shape index (κ3) is 5.10. The Bertz CT molecular complexity index is 1060. The molecule has 0 aliphatic heterocycles. The molecule has 0 saturated heterocycles. The summed E-state index contributed by atoms with van der Waals surface area (Å²) in [4.78, 5) is 16.8. The highest BCUT2D eigenvalue weighted by molar-refractivity contribution is 7.99. The van der Waals surface area contributed by atoms with Crippen LogP contribution in [0.3, 0.4) is 0 Å². The lowest BCUT2D eigenvalue weighted by Crippen LogP contribution is -2.23. The number of hydrogen-bond acceptors (Lipinski definition) is 5. The normalized spacial score (nSPS) is 18.7. The van der Waals surface area contributed by atoms with Gasteiger partial charge in [-0.25, -0.2) is 0 Å². The Balaban J connectivity index is 1.55. The molecule has 0 bridgehead atoms. The number of thioether (sulfide) groups is 1. The molecule has 1 aliphatic rings. The molecule has 0 spiro atoms. The number of benzene rings is 1. The summed E-state index contributed by atoms with van der Waals surface area (Å²) in [6.07, 6.45) is 8.29. The van der Waals surface area contributed by atoms with E-state index in [0.717, 1.165) is 28.5 Å². The zero-order valence-electron chi connectivity index (χ0n) is 17.7. The maximum absolute atomic E-state index is 12.6. The van der Waals surface area contributed by atoms with Crippen molar-refractivity contribution in [2.45, 2.75) is 50.7 Å². The van der Waals surface area contributed by atoms with E-state index < -0.39 is 0 Å². The summed E-state index contributed by atoms with van der Waals surface area (Å²) in [7, 11) is 0. The minimum absolute atomic E-state index is 0.120. The van der Waals surface area contributed by atoms with Gasteiger partial charge in [-0.15, -0.1) is 10.2 Å². The number of nitrogens with zero attached hydrogens (tertiary/aromatic N) is 4. The predicted molar refractivity (Wildman–Crippen MR) is 125 cm³/mol. The number of amides is 1. The second kappa shape index (κ2) is 9.83. The molecule has 1 fully saturated rings. The van der Waals surface area contributed by atoms with Crippen molar-refractivity contribution < 1.29 is 4.79 Å². The van der Waals surface area contributed by atoms with Gasteiger partial charge in [0.2, 0.25) is 5.91 Å². The van der Waals surface area contributed by atoms with E-state index in [1.165, 1.54) is 31.0 Å². The number of aryl methyl sites for hydroxylation is 1. The predicted octanol–water partition coefficient (Wildman–Crippen LogP) is 5.78. The smallest absolute Gasteiger partial charge is 0.234 e. The number of nitrogens with one attached hydrogen (secondary N) is 1. The van der Waals surface area contributed by atoms with E-state index >= 15 is 0 Å². The van der Waals surface area contributed by atoms with Crippen LogP contribution in [-0.2, 0) is 4.79 Å². The molecular formula is C23H26ClN5OS. The fraction of sp³-hybridized carbons (Fsp3) is 0.391. The Morgan fingerprint density at radius 2 is 2.10 bits per heavy atom. The van der Waals surface area contributed by atoms with E-state index in [1.807, 2.05) is 43.5 Å². The Labute approximate surface area is 191 Å². The van der Waals surface area contributed by atoms with Crippen LogP contribution < -0.4 is 5.32 Å². The zero-order valence-corrected chi connectivity index (χ0v) is 19.3. The first-order valence-electron chi connectivity index (χ1n) is 10.6. The molecule has 31 heavy (non-hydrogen) atoms. The molecule has 1 saturated carbocycles. The molecular weight excluding hydrogens is 430 g/mol. The van der Waals surface area contributed by atoms with Crippen molar-refractivity contribution in [3.05, 3.63) is 53.3 Å². The van der Waals surface area contributed by atoms with Crippen molar-refractivity contribution in [1.29, 1.82) is 0 Å². The van der Waals surface area contributed by atoms with Crippen LogP contribution in [0.1, 0.15) is 44.2 Å². The molecule has 8 heteroatoms. The second-order valence-corrected chi connectivity index (χ2v) is 9.42. The van der Waals surface area contributed by atoms with Gasteiger partial charge in [-0.2, -0.15) is 0 Å². The van der Waals surface area contributed by atoms with E-state index in [2.05, 4.69) is 32.0 Å². The average molecular weight is 456 g/mol. The van der Waals surface area contributed by atoms with Gasteiger partial charge in [-0.05, 0) is 55.5 Å². The first-order valence-corrected chi connectivity index (χ1v) is 11.9. The first-order chi connectivity index (χ1) is 15.0. The van der Waals surface area contributed by atoms with E-state index in [0.29, 0.717) is 22.7 Å². The van der Waals surface area contributed by atoms with Gasteiger partial charge in [0.05, 0.1) is 16.5 Å². The van der Waals surface area contributed by atoms with Gasteiger partial charge in [0, 0.05) is 24.0 Å². The number of rotatable bonds is 6. The Morgan fingerprint density at radius 3 is 2.84 bits per heavy atom. The van der Waals surface area contributed by atoms with Crippen LogP contribution in [0.4, 0.5) is 5.69 Å². The number of hydrogen-bond donors (Lipinski definition) is 1. The lowest BCUT2D eigenvalue weighted by Gasteiger charge is -2.31. The highest BCUT2D eigenvalue weighted by Crippen LogP contribution is 2.38. The second-order valence-electron chi connectivity index (χ2n) is 8.07. The largest absolute Gasteiger partial charge is 0.324 e.